The van der Waals surface area contributed by atoms with Crippen LogP contribution in [0.4, 0.5) is 0 Å². The Balaban J connectivity index is 2.24. The highest BCUT2D eigenvalue weighted by Crippen LogP contribution is 2.11. The maximum absolute atomic E-state index is 8.93. The van der Waals surface area contributed by atoms with Crippen molar-refractivity contribution in [2.75, 3.05) is 0 Å². The molecule has 88 valence electrons. The van der Waals surface area contributed by atoms with Gasteiger partial charge in [-0.05, 0) is 10.8 Å². The quantitative estimate of drug-likeness (QED) is 0.613. The van der Waals surface area contributed by atoms with Gasteiger partial charge >= 0.3 is 0 Å². The first-order chi connectivity index (χ1) is 9.19. The molecular weight excluding hydrogens is 232 g/mol. The van der Waals surface area contributed by atoms with Crippen LogP contribution in [0, 0.1) is 0 Å². The summed E-state index contributed by atoms with van der Waals surface area (Å²) in [7, 11) is -2.37. The van der Waals surface area contributed by atoms with Crippen molar-refractivity contribution in [1.29, 1.82) is 1.23 Å². The van der Waals surface area contributed by atoms with Crippen LogP contribution in [0.25, 0.3) is 10.8 Å². The monoisotopic (exact) mass is 249 g/mol. The van der Waals surface area contributed by atoms with E-state index in [-0.39, 0.29) is 0 Å². The minimum absolute atomic E-state index is 1.16. The lowest BCUT2D eigenvalue weighted by atomic mass is 10.1. The van der Waals surface area contributed by atoms with Crippen molar-refractivity contribution >= 4 is 29.9 Å². The molecule has 3 aromatic rings. The van der Waals surface area contributed by atoms with Crippen LogP contribution in [0.15, 0.2) is 72.8 Å². The summed E-state index contributed by atoms with van der Waals surface area (Å²) >= 11 is 0. The molecule has 3 aromatic carbocycles. The van der Waals surface area contributed by atoms with Crippen molar-refractivity contribution in [1.82, 2.24) is 0 Å². The molecule has 0 aliphatic carbocycles. The van der Waals surface area contributed by atoms with E-state index in [1.807, 2.05) is 18.2 Å². The molecule has 0 spiro atoms. The third-order valence-corrected chi connectivity index (χ3v) is 5.84. The van der Waals surface area contributed by atoms with E-state index in [9.17, 15) is 0 Å². The highest BCUT2D eigenvalue weighted by molar-refractivity contribution is 6.85. The Morgan fingerprint density at radius 1 is 0.778 bits per heavy atom. The largest absolute Gasteiger partial charge is 0.100 e. The predicted octanol–water partition coefficient (Wildman–Crippen LogP) is 2.81. The Morgan fingerprint density at radius 3 is 2.28 bits per heavy atom. The zero-order chi connectivity index (χ0) is 13.3. The Kier molecular flexibility index (Phi) is 2.69. The lowest BCUT2D eigenvalue weighted by Gasteiger charge is -2.13. The van der Waals surface area contributed by atoms with Gasteiger partial charge in [0.15, 0.2) is 0 Å². The maximum atomic E-state index is 8.93. The van der Waals surface area contributed by atoms with Gasteiger partial charge in [0.1, 0.15) is 8.73 Å². The molecule has 0 amide bonds. The van der Waals surface area contributed by atoms with Gasteiger partial charge in [-0.15, -0.1) is 0 Å². The third-order valence-electron chi connectivity index (χ3n) is 3.40. The van der Waals surface area contributed by atoms with Crippen molar-refractivity contribution in [2.45, 2.75) is 6.55 Å². The molecule has 0 saturated carbocycles. The summed E-state index contributed by atoms with van der Waals surface area (Å²) in [5, 5.41) is 4.79. The maximum Gasteiger partial charge on any atom is 0.100 e. The topological polar surface area (TPSA) is 0 Å². The molecule has 0 aliphatic rings. The Labute approximate surface area is 111 Å². The van der Waals surface area contributed by atoms with E-state index in [1.54, 1.807) is 0 Å². The van der Waals surface area contributed by atoms with E-state index >= 15 is 0 Å². The first-order valence-electron chi connectivity index (χ1n) is 6.73. The second kappa shape index (κ2) is 4.79. The molecule has 0 nitrogen and oxygen atoms in total. The molecule has 0 aliphatic heterocycles. The van der Waals surface area contributed by atoms with Gasteiger partial charge in [-0.2, -0.15) is 0 Å². The van der Waals surface area contributed by atoms with Crippen molar-refractivity contribution in [3.8, 4) is 0 Å². The average Bonchev–Trinajstić information content (AvgIpc) is 2.47. The van der Waals surface area contributed by atoms with Crippen molar-refractivity contribution < 1.29 is 0 Å². The Hall–Kier alpha value is -1.86. The molecule has 0 fully saturated rings. The fourth-order valence-electron chi connectivity index (χ4n) is 2.40. The standard InChI is InChI=1S/C17H16Si/c1-18(15-10-3-2-4-11-15)17-13-7-9-14-8-5-6-12-16(14)17/h2-13,18H,1H3/i18D. The van der Waals surface area contributed by atoms with Crippen LogP contribution in [0.1, 0.15) is 0 Å². The van der Waals surface area contributed by atoms with Gasteiger partial charge < -0.3 is 0 Å². The minimum atomic E-state index is -2.37. The van der Waals surface area contributed by atoms with Gasteiger partial charge in [0.05, 0.1) is 0 Å². The smallest absolute Gasteiger partial charge is 0.0641 e. The highest BCUT2D eigenvalue weighted by Gasteiger charge is 2.12. The van der Waals surface area contributed by atoms with Crippen LogP contribution in [0.2, 0.25) is 6.55 Å². The fraction of sp³-hybridized carbons (Fsp3) is 0.0588. The summed E-state index contributed by atoms with van der Waals surface area (Å²) in [6.07, 6.45) is 0. The molecule has 3 rings (SSSR count). The van der Waals surface area contributed by atoms with Gasteiger partial charge in [-0.1, -0.05) is 89.7 Å². The molecule has 0 heterocycles. The minimum Gasteiger partial charge on any atom is -0.0641 e. The summed E-state index contributed by atoms with van der Waals surface area (Å²) < 4.78 is 8.93. The molecule has 1 heteroatoms. The molecule has 1 unspecified atom stereocenters. The molecule has 0 saturated heterocycles. The second-order valence-electron chi connectivity index (χ2n) is 4.52. The third kappa shape index (κ3) is 1.98. The van der Waals surface area contributed by atoms with Crippen LogP contribution in [0.3, 0.4) is 0 Å². The zero-order valence-corrected chi connectivity index (χ0v) is 11.4. The number of benzene rings is 3. The zero-order valence-electron chi connectivity index (χ0n) is 11.4. The summed E-state index contributed by atoms with van der Waals surface area (Å²) in [6, 6.07) is 24.9. The average molecular weight is 249 g/mol. The summed E-state index contributed by atoms with van der Waals surface area (Å²) in [4.78, 5) is 0. The predicted molar refractivity (Wildman–Crippen MR) is 82.7 cm³/mol. The molecule has 0 aromatic heterocycles. The van der Waals surface area contributed by atoms with E-state index in [0.29, 0.717) is 0 Å². The van der Waals surface area contributed by atoms with Gasteiger partial charge in [0.25, 0.3) is 0 Å². The van der Waals surface area contributed by atoms with Gasteiger partial charge in [0.2, 0.25) is 0 Å². The molecule has 18 heavy (non-hydrogen) atoms. The van der Waals surface area contributed by atoms with E-state index in [4.69, 9.17) is 1.23 Å². The van der Waals surface area contributed by atoms with E-state index in [0.717, 1.165) is 5.19 Å². The highest BCUT2D eigenvalue weighted by atomic mass is 28.3. The molecule has 0 N–H and O–H groups in total. The lowest BCUT2D eigenvalue weighted by Crippen LogP contribution is -2.39. The van der Waals surface area contributed by atoms with Crippen LogP contribution in [-0.2, 0) is 0 Å². The van der Waals surface area contributed by atoms with Crippen LogP contribution in [0.5, 0.6) is 0 Å². The first-order valence-corrected chi connectivity index (χ1v) is 8.23. The van der Waals surface area contributed by atoms with Crippen LogP contribution >= 0.6 is 0 Å². The number of fused-ring (bicyclic) bond motifs is 1. The van der Waals surface area contributed by atoms with E-state index in [2.05, 4.69) is 61.1 Å². The van der Waals surface area contributed by atoms with Gasteiger partial charge in [0, 0.05) is 1.23 Å². The molecular formula is C17H16Si. The normalized spacial score (nSPS) is 15.1. The summed E-state index contributed by atoms with van der Waals surface area (Å²) in [6.45, 7) is 2.10. The van der Waals surface area contributed by atoms with Gasteiger partial charge in [-0.3, -0.25) is 0 Å². The van der Waals surface area contributed by atoms with E-state index < -0.39 is 8.73 Å². The Bertz CT molecular complexity index is 699. The van der Waals surface area contributed by atoms with E-state index in [1.165, 1.54) is 16.0 Å². The Morgan fingerprint density at radius 2 is 1.44 bits per heavy atom. The van der Waals surface area contributed by atoms with Crippen LogP contribution < -0.4 is 10.4 Å². The number of hydrogen-bond acceptors (Lipinski definition) is 0. The van der Waals surface area contributed by atoms with Crippen molar-refractivity contribution in [3.05, 3.63) is 72.8 Å². The number of hydrogen-bond donors (Lipinski definition) is 0. The molecule has 0 bridgehead atoms. The molecule has 1 atom stereocenters. The van der Waals surface area contributed by atoms with Crippen molar-refractivity contribution in [3.63, 3.8) is 0 Å². The molecule has 0 radical (unpaired) electrons. The van der Waals surface area contributed by atoms with Crippen LogP contribution in [-0.4, -0.2) is 9.96 Å². The number of rotatable bonds is 2. The van der Waals surface area contributed by atoms with Crippen molar-refractivity contribution in [2.24, 2.45) is 0 Å². The lowest BCUT2D eigenvalue weighted by molar-refractivity contribution is 1.74. The first kappa shape index (κ1) is 10.1. The second-order valence-corrected chi connectivity index (χ2v) is 6.88. The summed E-state index contributed by atoms with van der Waals surface area (Å²) in [5.41, 5.74) is 0. The summed E-state index contributed by atoms with van der Waals surface area (Å²) in [5.74, 6) is 0. The fourth-order valence-corrected chi connectivity index (χ4v) is 4.38. The SMILES string of the molecule is [2H][Si](C)(c1ccccc1)c1cccc2ccccc12. The van der Waals surface area contributed by atoms with Gasteiger partial charge in [-0.25, -0.2) is 0 Å².